The maximum atomic E-state index is 6.20. The molecule has 3 rings (SSSR count). The molecule has 0 bridgehead atoms. The number of aryl methyl sites for hydroxylation is 1. The number of benzene rings is 1. The SMILES string of the molecule is Cc1cc(-c2n[nH]c(=S)n2N=CC(Cl)=Cc2ccccc2)n[nH]1. The van der Waals surface area contributed by atoms with E-state index in [2.05, 4.69) is 25.5 Å². The lowest BCUT2D eigenvalue weighted by Crippen LogP contribution is -1.94. The van der Waals surface area contributed by atoms with Crippen LogP contribution in [0.3, 0.4) is 0 Å². The quantitative estimate of drug-likeness (QED) is 0.559. The fourth-order valence-electron chi connectivity index (χ4n) is 1.96. The van der Waals surface area contributed by atoms with Crippen molar-refractivity contribution >= 4 is 36.1 Å². The summed E-state index contributed by atoms with van der Waals surface area (Å²) >= 11 is 11.4. The molecule has 0 aliphatic heterocycles. The Hall–Kier alpha value is -2.51. The maximum Gasteiger partial charge on any atom is 0.216 e. The smallest absolute Gasteiger partial charge is 0.216 e. The van der Waals surface area contributed by atoms with Crippen molar-refractivity contribution in [3.8, 4) is 11.5 Å². The highest BCUT2D eigenvalue weighted by atomic mass is 35.5. The third-order valence-corrected chi connectivity index (χ3v) is 3.46. The molecule has 0 fully saturated rings. The van der Waals surface area contributed by atoms with E-state index in [-0.39, 0.29) is 0 Å². The van der Waals surface area contributed by atoms with Crippen LogP contribution in [0, 0.1) is 11.7 Å². The molecule has 0 atom stereocenters. The van der Waals surface area contributed by atoms with Crippen molar-refractivity contribution in [1.82, 2.24) is 25.1 Å². The summed E-state index contributed by atoms with van der Waals surface area (Å²) in [4.78, 5) is 0. The molecule has 0 unspecified atom stereocenters. The monoisotopic (exact) mass is 344 g/mol. The van der Waals surface area contributed by atoms with Crippen LogP contribution in [0.4, 0.5) is 0 Å². The van der Waals surface area contributed by atoms with E-state index in [1.165, 1.54) is 10.9 Å². The van der Waals surface area contributed by atoms with Crippen LogP contribution in [0.1, 0.15) is 11.3 Å². The highest BCUT2D eigenvalue weighted by Crippen LogP contribution is 2.15. The van der Waals surface area contributed by atoms with Gasteiger partial charge in [-0.05, 0) is 36.8 Å². The molecule has 0 saturated carbocycles. The molecule has 23 heavy (non-hydrogen) atoms. The predicted octanol–water partition coefficient (Wildman–Crippen LogP) is 3.75. The van der Waals surface area contributed by atoms with Crippen LogP contribution in [0.25, 0.3) is 17.6 Å². The number of rotatable bonds is 4. The summed E-state index contributed by atoms with van der Waals surface area (Å²) in [6.45, 7) is 1.91. The number of aromatic amines is 2. The summed E-state index contributed by atoms with van der Waals surface area (Å²) in [6, 6.07) is 11.6. The largest absolute Gasteiger partial charge is 0.282 e. The van der Waals surface area contributed by atoms with Gasteiger partial charge in [0.25, 0.3) is 0 Å². The lowest BCUT2D eigenvalue weighted by atomic mass is 10.2. The number of hydrogen-bond donors (Lipinski definition) is 2. The summed E-state index contributed by atoms with van der Waals surface area (Å²) < 4.78 is 1.84. The van der Waals surface area contributed by atoms with Crippen LogP contribution in [0.15, 0.2) is 46.5 Å². The molecule has 6 nitrogen and oxygen atoms in total. The Morgan fingerprint density at radius 3 is 2.74 bits per heavy atom. The molecule has 2 N–H and O–H groups in total. The van der Waals surface area contributed by atoms with Gasteiger partial charge in [-0.3, -0.25) is 5.10 Å². The molecule has 0 aliphatic rings. The van der Waals surface area contributed by atoms with Gasteiger partial charge in [-0.1, -0.05) is 41.9 Å². The first-order valence-corrected chi connectivity index (χ1v) is 7.58. The fraction of sp³-hybridized carbons (Fsp3) is 0.0667. The molecule has 8 heteroatoms. The van der Waals surface area contributed by atoms with Crippen molar-refractivity contribution in [2.24, 2.45) is 5.10 Å². The van der Waals surface area contributed by atoms with E-state index in [0.717, 1.165) is 11.3 Å². The van der Waals surface area contributed by atoms with Crippen LogP contribution >= 0.6 is 23.8 Å². The molecule has 0 saturated heterocycles. The van der Waals surface area contributed by atoms with E-state index in [9.17, 15) is 0 Å². The van der Waals surface area contributed by atoms with Gasteiger partial charge in [-0.25, -0.2) is 5.10 Å². The molecule has 1 aromatic carbocycles. The highest BCUT2D eigenvalue weighted by Gasteiger charge is 2.10. The van der Waals surface area contributed by atoms with Gasteiger partial charge >= 0.3 is 0 Å². The number of H-pyrrole nitrogens is 2. The summed E-state index contributed by atoms with van der Waals surface area (Å²) in [5, 5.41) is 18.6. The molecule has 2 aromatic heterocycles. The lowest BCUT2D eigenvalue weighted by Gasteiger charge is -1.97. The Kier molecular flexibility index (Phi) is 4.50. The average molecular weight is 345 g/mol. The normalized spacial score (nSPS) is 12.2. The predicted molar refractivity (Wildman–Crippen MR) is 93.9 cm³/mol. The van der Waals surface area contributed by atoms with Crippen LogP contribution < -0.4 is 0 Å². The van der Waals surface area contributed by atoms with Crippen molar-refractivity contribution in [2.45, 2.75) is 6.92 Å². The average Bonchev–Trinajstić information content (AvgIpc) is 3.12. The third-order valence-electron chi connectivity index (χ3n) is 2.99. The van der Waals surface area contributed by atoms with E-state index >= 15 is 0 Å². The Morgan fingerprint density at radius 2 is 2.04 bits per heavy atom. The topological polar surface area (TPSA) is 74.7 Å². The Balaban J connectivity index is 1.90. The zero-order chi connectivity index (χ0) is 16.2. The van der Waals surface area contributed by atoms with Crippen LogP contribution in [0.5, 0.6) is 0 Å². The molecule has 2 heterocycles. The molecule has 116 valence electrons. The first-order valence-electron chi connectivity index (χ1n) is 6.80. The summed E-state index contributed by atoms with van der Waals surface area (Å²) in [6.07, 6.45) is 3.33. The first kappa shape index (κ1) is 15.4. The summed E-state index contributed by atoms with van der Waals surface area (Å²) in [5.41, 5.74) is 2.56. The van der Waals surface area contributed by atoms with E-state index in [1.807, 2.05) is 49.4 Å². The molecule has 3 aromatic rings. The minimum Gasteiger partial charge on any atom is -0.282 e. The standard InChI is InChI=1S/C15H13ClN6S/c1-10-7-13(19-18-10)14-20-21-15(23)22(14)17-9-12(16)8-11-5-3-2-4-6-11/h2-9H,1H3,(H,18,19)(H,21,23). The molecule has 0 aliphatic carbocycles. The number of allylic oxidation sites excluding steroid dienone is 1. The Bertz CT molecular complexity index is 919. The molecule has 0 spiro atoms. The molecular weight excluding hydrogens is 332 g/mol. The lowest BCUT2D eigenvalue weighted by molar-refractivity contribution is 0.866. The number of halogens is 1. The van der Waals surface area contributed by atoms with Gasteiger partial charge in [-0.2, -0.15) is 20.0 Å². The maximum absolute atomic E-state index is 6.20. The number of hydrogen-bond acceptors (Lipinski definition) is 4. The zero-order valence-corrected chi connectivity index (χ0v) is 13.8. The van der Waals surface area contributed by atoms with Crippen molar-refractivity contribution < 1.29 is 0 Å². The van der Waals surface area contributed by atoms with Crippen LogP contribution in [-0.4, -0.2) is 31.3 Å². The fourth-order valence-corrected chi connectivity index (χ4v) is 2.30. The molecule has 0 amide bonds. The van der Waals surface area contributed by atoms with E-state index in [0.29, 0.717) is 21.3 Å². The van der Waals surface area contributed by atoms with Crippen molar-refractivity contribution in [1.29, 1.82) is 0 Å². The zero-order valence-electron chi connectivity index (χ0n) is 12.2. The van der Waals surface area contributed by atoms with E-state index < -0.39 is 0 Å². The van der Waals surface area contributed by atoms with Crippen LogP contribution in [-0.2, 0) is 0 Å². The number of nitrogens with zero attached hydrogens (tertiary/aromatic N) is 4. The van der Waals surface area contributed by atoms with Gasteiger partial charge in [0.2, 0.25) is 10.6 Å². The summed E-state index contributed by atoms with van der Waals surface area (Å²) in [7, 11) is 0. The minimum atomic E-state index is 0.362. The van der Waals surface area contributed by atoms with Crippen LogP contribution in [0.2, 0.25) is 0 Å². The van der Waals surface area contributed by atoms with Gasteiger partial charge in [0.05, 0.1) is 11.2 Å². The van der Waals surface area contributed by atoms with Crippen molar-refractivity contribution in [3.05, 3.63) is 57.5 Å². The van der Waals surface area contributed by atoms with Crippen molar-refractivity contribution in [3.63, 3.8) is 0 Å². The third kappa shape index (κ3) is 3.64. The minimum absolute atomic E-state index is 0.362. The van der Waals surface area contributed by atoms with E-state index in [4.69, 9.17) is 23.8 Å². The first-order chi connectivity index (χ1) is 11.1. The van der Waals surface area contributed by atoms with E-state index in [1.54, 1.807) is 0 Å². The number of aromatic nitrogens is 5. The van der Waals surface area contributed by atoms with Gasteiger partial charge in [0.1, 0.15) is 5.69 Å². The van der Waals surface area contributed by atoms with Crippen molar-refractivity contribution in [2.75, 3.05) is 0 Å². The second-order valence-electron chi connectivity index (χ2n) is 4.78. The second kappa shape index (κ2) is 6.72. The second-order valence-corrected chi connectivity index (χ2v) is 5.61. The Morgan fingerprint density at radius 1 is 1.26 bits per heavy atom. The van der Waals surface area contributed by atoms with Gasteiger partial charge in [0.15, 0.2) is 0 Å². The summed E-state index contributed by atoms with van der Waals surface area (Å²) in [5.74, 6) is 0.514. The highest BCUT2D eigenvalue weighted by molar-refractivity contribution is 7.71. The Labute approximate surface area is 142 Å². The molecule has 0 radical (unpaired) electrons. The van der Waals surface area contributed by atoms with Gasteiger partial charge < -0.3 is 0 Å². The van der Waals surface area contributed by atoms with Gasteiger partial charge in [-0.15, -0.1) is 0 Å². The number of nitrogens with one attached hydrogen (secondary N) is 2. The molecular formula is C15H13ClN6S. The van der Waals surface area contributed by atoms with Gasteiger partial charge in [0, 0.05) is 5.69 Å².